The second-order valence-electron chi connectivity index (χ2n) is 0.986. The van der Waals surface area contributed by atoms with E-state index < -0.39 is 0 Å². The molecular weight excluding hydrogens is 178 g/mol. The van der Waals surface area contributed by atoms with E-state index in [2.05, 4.69) is 20.3 Å². The fraction of sp³-hybridized carbons (Fsp3) is 0. The summed E-state index contributed by atoms with van der Waals surface area (Å²) in [6.45, 7) is 0. The SMILES string of the molecule is Oc1nscc1Br. The third-order valence-electron chi connectivity index (χ3n) is 0.509. The molecule has 4 heteroatoms. The Morgan fingerprint density at radius 2 is 2.57 bits per heavy atom. The first-order valence-corrected chi connectivity index (χ1v) is 3.22. The molecule has 0 spiro atoms. The van der Waals surface area contributed by atoms with E-state index in [-0.39, 0.29) is 5.88 Å². The number of nitrogens with zero attached hydrogens (tertiary/aromatic N) is 1. The zero-order valence-electron chi connectivity index (χ0n) is 3.26. The summed E-state index contributed by atoms with van der Waals surface area (Å²) in [6.07, 6.45) is 0. The summed E-state index contributed by atoms with van der Waals surface area (Å²) in [7, 11) is 0. The Balaban J connectivity index is 3.12. The van der Waals surface area contributed by atoms with Crippen molar-refractivity contribution in [2.45, 2.75) is 0 Å². The summed E-state index contributed by atoms with van der Waals surface area (Å²) >= 11 is 4.28. The van der Waals surface area contributed by atoms with Crippen LogP contribution in [0.5, 0.6) is 5.88 Å². The van der Waals surface area contributed by atoms with Gasteiger partial charge in [-0.05, 0) is 27.5 Å². The van der Waals surface area contributed by atoms with Crippen molar-refractivity contribution in [3.63, 3.8) is 0 Å². The maximum absolute atomic E-state index is 8.61. The number of hydrogen-bond acceptors (Lipinski definition) is 3. The average Bonchev–Trinajstić information content (AvgIpc) is 1.91. The Labute approximate surface area is 53.1 Å². The number of aromatic nitrogens is 1. The Bertz CT molecular complexity index is 147. The van der Waals surface area contributed by atoms with Gasteiger partial charge in [0.2, 0.25) is 5.88 Å². The highest BCUT2D eigenvalue weighted by Gasteiger charge is 1.94. The van der Waals surface area contributed by atoms with Crippen molar-refractivity contribution in [3.8, 4) is 5.88 Å². The second-order valence-corrected chi connectivity index (χ2v) is 2.47. The molecule has 1 heterocycles. The third-order valence-corrected chi connectivity index (χ3v) is 2.02. The van der Waals surface area contributed by atoms with E-state index in [0.717, 1.165) is 0 Å². The van der Waals surface area contributed by atoms with Gasteiger partial charge in [0.15, 0.2) is 0 Å². The molecule has 1 rings (SSSR count). The Morgan fingerprint density at radius 1 is 1.86 bits per heavy atom. The van der Waals surface area contributed by atoms with E-state index in [4.69, 9.17) is 5.11 Å². The molecule has 0 saturated heterocycles. The van der Waals surface area contributed by atoms with Crippen molar-refractivity contribution in [1.82, 2.24) is 4.37 Å². The van der Waals surface area contributed by atoms with Gasteiger partial charge in [0.25, 0.3) is 0 Å². The minimum absolute atomic E-state index is 0.0741. The highest BCUT2D eigenvalue weighted by molar-refractivity contribution is 9.10. The van der Waals surface area contributed by atoms with E-state index in [1.165, 1.54) is 11.5 Å². The standard InChI is InChI=1S/C3H2BrNOS/c4-2-1-7-5-3(2)6/h1H,(H,5,6). The smallest absolute Gasteiger partial charge is 0.237 e. The van der Waals surface area contributed by atoms with Gasteiger partial charge in [-0.1, -0.05) is 0 Å². The Morgan fingerprint density at radius 3 is 2.71 bits per heavy atom. The molecule has 0 unspecified atom stereocenters. The van der Waals surface area contributed by atoms with Gasteiger partial charge in [-0.15, -0.1) is 0 Å². The fourth-order valence-corrected chi connectivity index (χ4v) is 1.12. The largest absolute Gasteiger partial charge is 0.492 e. The van der Waals surface area contributed by atoms with Gasteiger partial charge < -0.3 is 5.11 Å². The van der Waals surface area contributed by atoms with Crippen molar-refractivity contribution in [2.75, 3.05) is 0 Å². The molecule has 0 amide bonds. The Hall–Kier alpha value is -0.0900. The van der Waals surface area contributed by atoms with Crippen LogP contribution in [0.3, 0.4) is 0 Å². The first-order valence-electron chi connectivity index (χ1n) is 1.59. The second kappa shape index (κ2) is 1.79. The molecule has 2 nitrogen and oxygen atoms in total. The first-order chi connectivity index (χ1) is 3.30. The molecule has 0 aliphatic carbocycles. The van der Waals surface area contributed by atoms with Crippen LogP contribution in [0.25, 0.3) is 0 Å². The maximum Gasteiger partial charge on any atom is 0.237 e. The van der Waals surface area contributed by atoms with Crippen molar-refractivity contribution < 1.29 is 5.11 Å². The van der Waals surface area contributed by atoms with E-state index >= 15 is 0 Å². The van der Waals surface area contributed by atoms with Gasteiger partial charge in [-0.2, -0.15) is 4.37 Å². The van der Waals surface area contributed by atoms with E-state index in [0.29, 0.717) is 4.47 Å². The molecule has 0 fully saturated rings. The Kier molecular flexibility index (Phi) is 1.30. The maximum atomic E-state index is 8.61. The van der Waals surface area contributed by atoms with Gasteiger partial charge in [0.05, 0.1) is 4.47 Å². The average molecular weight is 180 g/mol. The number of hydrogen-bond donors (Lipinski definition) is 1. The molecule has 38 valence electrons. The number of rotatable bonds is 0. The van der Waals surface area contributed by atoms with Crippen molar-refractivity contribution >= 4 is 27.5 Å². The highest BCUT2D eigenvalue weighted by Crippen LogP contribution is 2.22. The quantitative estimate of drug-likeness (QED) is 0.657. The zero-order chi connectivity index (χ0) is 5.28. The molecule has 0 aliphatic heterocycles. The normalized spacial score (nSPS) is 9.29. The summed E-state index contributed by atoms with van der Waals surface area (Å²) in [4.78, 5) is 0. The number of halogens is 1. The molecule has 1 aromatic rings. The third kappa shape index (κ3) is 0.920. The summed E-state index contributed by atoms with van der Waals surface area (Å²) in [5, 5.41) is 10.3. The summed E-state index contributed by atoms with van der Waals surface area (Å²) in [5.41, 5.74) is 0. The first kappa shape index (κ1) is 5.05. The zero-order valence-corrected chi connectivity index (χ0v) is 5.66. The van der Waals surface area contributed by atoms with Gasteiger partial charge in [-0.25, -0.2) is 0 Å². The number of aromatic hydroxyl groups is 1. The van der Waals surface area contributed by atoms with Crippen LogP contribution in [-0.4, -0.2) is 9.48 Å². The predicted molar refractivity (Wildman–Crippen MR) is 31.5 cm³/mol. The molecule has 0 saturated carbocycles. The molecule has 0 atom stereocenters. The van der Waals surface area contributed by atoms with E-state index in [9.17, 15) is 0 Å². The summed E-state index contributed by atoms with van der Waals surface area (Å²) in [5.74, 6) is 0.0741. The van der Waals surface area contributed by atoms with Crippen LogP contribution in [0.2, 0.25) is 0 Å². The van der Waals surface area contributed by atoms with E-state index in [1.807, 2.05) is 0 Å². The lowest BCUT2D eigenvalue weighted by atomic mass is 10.7. The molecule has 1 N–H and O–H groups in total. The van der Waals surface area contributed by atoms with Gasteiger partial charge in [0, 0.05) is 5.38 Å². The molecule has 0 aromatic carbocycles. The van der Waals surface area contributed by atoms with Crippen LogP contribution in [0.1, 0.15) is 0 Å². The van der Waals surface area contributed by atoms with Crippen LogP contribution < -0.4 is 0 Å². The lowest BCUT2D eigenvalue weighted by Gasteiger charge is -1.75. The van der Waals surface area contributed by atoms with Crippen LogP contribution in [0.4, 0.5) is 0 Å². The predicted octanol–water partition coefficient (Wildman–Crippen LogP) is 1.61. The molecule has 0 aliphatic rings. The lowest BCUT2D eigenvalue weighted by molar-refractivity contribution is 0.456. The van der Waals surface area contributed by atoms with Crippen LogP contribution >= 0.6 is 27.5 Å². The fourth-order valence-electron chi connectivity index (χ4n) is 0.219. The van der Waals surface area contributed by atoms with Gasteiger partial charge in [0.1, 0.15) is 0 Å². The van der Waals surface area contributed by atoms with E-state index in [1.54, 1.807) is 5.38 Å². The summed E-state index contributed by atoms with van der Waals surface area (Å²) in [6, 6.07) is 0. The molecule has 0 radical (unpaired) electrons. The van der Waals surface area contributed by atoms with Crippen molar-refractivity contribution in [2.24, 2.45) is 0 Å². The van der Waals surface area contributed by atoms with Crippen LogP contribution in [-0.2, 0) is 0 Å². The van der Waals surface area contributed by atoms with Crippen molar-refractivity contribution in [3.05, 3.63) is 9.85 Å². The van der Waals surface area contributed by atoms with Crippen molar-refractivity contribution in [1.29, 1.82) is 0 Å². The monoisotopic (exact) mass is 179 g/mol. The minimum Gasteiger partial charge on any atom is -0.492 e. The molecule has 7 heavy (non-hydrogen) atoms. The molecular formula is C3H2BrNOS. The molecule has 0 bridgehead atoms. The highest BCUT2D eigenvalue weighted by atomic mass is 79.9. The summed E-state index contributed by atoms with van der Waals surface area (Å²) < 4.78 is 4.23. The van der Waals surface area contributed by atoms with Gasteiger partial charge >= 0.3 is 0 Å². The lowest BCUT2D eigenvalue weighted by Crippen LogP contribution is -1.55. The minimum atomic E-state index is 0.0741. The van der Waals surface area contributed by atoms with Crippen LogP contribution in [0.15, 0.2) is 9.85 Å². The van der Waals surface area contributed by atoms with Crippen LogP contribution in [0, 0.1) is 0 Å². The molecule has 1 aromatic heterocycles. The van der Waals surface area contributed by atoms with Gasteiger partial charge in [-0.3, -0.25) is 0 Å². The topological polar surface area (TPSA) is 33.1 Å².